The van der Waals surface area contributed by atoms with Gasteiger partial charge >= 0.3 is 12.0 Å². The maximum absolute atomic E-state index is 11.7. The van der Waals surface area contributed by atoms with E-state index in [0.29, 0.717) is 12.8 Å². The van der Waals surface area contributed by atoms with Gasteiger partial charge in [-0.1, -0.05) is 17.9 Å². The molecule has 0 bridgehead atoms. The van der Waals surface area contributed by atoms with E-state index in [9.17, 15) is 9.59 Å². The van der Waals surface area contributed by atoms with Gasteiger partial charge in [0.15, 0.2) is 0 Å². The predicted octanol–water partition coefficient (Wildman–Crippen LogP) is -0.0250. The van der Waals surface area contributed by atoms with Crippen LogP contribution in [0.5, 0.6) is 0 Å². The van der Waals surface area contributed by atoms with Crippen LogP contribution in [0.3, 0.4) is 0 Å². The normalized spacial score (nSPS) is 22.8. The van der Waals surface area contributed by atoms with E-state index in [2.05, 4.69) is 26.0 Å². The number of carbonyl (C=O) groups excluding carboxylic acids is 1. The Morgan fingerprint density at radius 3 is 2.74 bits per heavy atom. The summed E-state index contributed by atoms with van der Waals surface area (Å²) < 4.78 is 0. The second-order valence-electron chi connectivity index (χ2n) is 4.54. The molecule has 0 radical (unpaired) electrons. The lowest BCUT2D eigenvalue weighted by Gasteiger charge is -2.28. The van der Waals surface area contributed by atoms with E-state index in [1.54, 1.807) is 7.05 Å². The highest BCUT2D eigenvalue weighted by atomic mass is 16.4. The van der Waals surface area contributed by atoms with Crippen molar-refractivity contribution in [2.45, 2.75) is 31.7 Å². The number of rotatable bonds is 3. The number of anilines is 1. The molecule has 2 unspecified atom stereocenters. The highest BCUT2D eigenvalue weighted by Crippen LogP contribution is 2.24. The molecule has 0 saturated heterocycles. The molecule has 2 atom stereocenters. The van der Waals surface area contributed by atoms with E-state index in [1.807, 2.05) is 0 Å². The molecule has 0 aromatic carbocycles. The third-order valence-electron chi connectivity index (χ3n) is 3.13. The van der Waals surface area contributed by atoms with Crippen molar-refractivity contribution < 1.29 is 14.7 Å². The van der Waals surface area contributed by atoms with E-state index in [1.165, 1.54) is 4.80 Å². The number of aryl methyl sites for hydroxylation is 1. The average Bonchev–Trinajstić information content (AvgIpc) is 2.75. The average molecular weight is 268 g/mol. The third kappa shape index (κ3) is 3.39. The number of carboxylic acids is 1. The van der Waals surface area contributed by atoms with E-state index >= 15 is 0 Å². The Bertz CT molecular complexity index is 474. The highest BCUT2D eigenvalue weighted by molar-refractivity contribution is 5.87. The summed E-state index contributed by atoms with van der Waals surface area (Å²) in [6.45, 7) is 0. The first-order valence-corrected chi connectivity index (χ1v) is 6.10. The van der Waals surface area contributed by atoms with Gasteiger partial charge in [0.1, 0.15) is 0 Å². The SMILES string of the molecule is Cn1nnc(NC(=O)NC2CCCCC2C(=O)O)n1. The van der Waals surface area contributed by atoms with Crippen molar-refractivity contribution in [2.75, 3.05) is 5.32 Å². The van der Waals surface area contributed by atoms with Crippen molar-refractivity contribution in [1.82, 2.24) is 25.5 Å². The van der Waals surface area contributed by atoms with Gasteiger partial charge in [0, 0.05) is 6.04 Å². The predicted molar refractivity (Wildman–Crippen MR) is 64.3 cm³/mol. The Morgan fingerprint density at radius 1 is 1.37 bits per heavy atom. The quantitative estimate of drug-likeness (QED) is 0.707. The van der Waals surface area contributed by atoms with Crippen molar-refractivity contribution in [3.05, 3.63) is 0 Å². The summed E-state index contributed by atoms with van der Waals surface area (Å²) >= 11 is 0. The Labute approximate surface area is 109 Å². The summed E-state index contributed by atoms with van der Waals surface area (Å²) in [6, 6.07) is -0.867. The Morgan fingerprint density at radius 2 is 2.11 bits per heavy atom. The Balaban J connectivity index is 1.91. The van der Waals surface area contributed by atoms with Crippen molar-refractivity contribution in [3.8, 4) is 0 Å². The zero-order valence-corrected chi connectivity index (χ0v) is 10.5. The van der Waals surface area contributed by atoms with Gasteiger partial charge in [0.2, 0.25) is 0 Å². The molecule has 1 aromatic rings. The molecule has 0 spiro atoms. The molecule has 3 N–H and O–H groups in total. The number of tetrazole rings is 1. The second kappa shape index (κ2) is 5.63. The second-order valence-corrected chi connectivity index (χ2v) is 4.54. The van der Waals surface area contributed by atoms with Crippen LogP contribution < -0.4 is 10.6 Å². The topological polar surface area (TPSA) is 122 Å². The molecule has 1 fully saturated rings. The highest BCUT2D eigenvalue weighted by Gasteiger charge is 2.31. The fraction of sp³-hybridized carbons (Fsp3) is 0.700. The molecular formula is C10H16N6O3. The molecule has 19 heavy (non-hydrogen) atoms. The third-order valence-corrected chi connectivity index (χ3v) is 3.13. The number of nitrogens with zero attached hydrogens (tertiary/aromatic N) is 4. The summed E-state index contributed by atoms with van der Waals surface area (Å²) in [6.07, 6.45) is 3.04. The van der Waals surface area contributed by atoms with Crippen LogP contribution >= 0.6 is 0 Å². The first-order valence-electron chi connectivity index (χ1n) is 6.10. The zero-order chi connectivity index (χ0) is 13.8. The standard InChI is InChI=1S/C10H16N6O3/c1-16-14-9(13-15-16)12-10(19)11-7-5-3-2-4-6(7)8(17)18/h6-7H,2-5H2,1H3,(H,17,18)(H2,11,12,14,19). The number of nitrogens with one attached hydrogen (secondary N) is 2. The van der Waals surface area contributed by atoms with Gasteiger partial charge in [-0.05, 0) is 18.1 Å². The van der Waals surface area contributed by atoms with Crippen LogP contribution in [0.1, 0.15) is 25.7 Å². The van der Waals surface area contributed by atoms with E-state index in [4.69, 9.17) is 5.11 Å². The summed E-state index contributed by atoms with van der Waals surface area (Å²) in [4.78, 5) is 24.0. The van der Waals surface area contributed by atoms with E-state index in [0.717, 1.165) is 12.8 Å². The van der Waals surface area contributed by atoms with Crippen molar-refractivity contribution in [2.24, 2.45) is 13.0 Å². The smallest absolute Gasteiger partial charge is 0.321 e. The largest absolute Gasteiger partial charge is 0.481 e. The number of urea groups is 1. The van der Waals surface area contributed by atoms with Gasteiger partial charge in [0.05, 0.1) is 13.0 Å². The molecule has 1 heterocycles. The minimum Gasteiger partial charge on any atom is -0.481 e. The molecule has 104 valence electrons. The van der Waals surface area contributed by atoms with Gasteiger partial charge in [-0.25, -0.2) is 4.79 Å². The van der Waals surface area contributed by atoms with Crippen LogP contribution in [-0.4, -0.2) is 43.4 Å². The lowest BCUT2D eigenvalue weighted by atomic mass is 9.84. The maximum Gasteiger partial charge on any atom is 0.321 e. The van der Waals surface area contributed by atoms with Crippen LogP contribution in [0.2, 0.25) is 0 Å². The van der Waals surface area contributed by atoms with Crippen LogP contribution in [0.15, 0.2) is 0 Å². The first kappa shape index (κ1) is 13.2. The Kier molecular flexibility index (Phi) is 3.93. The molecule has 2 amide bonds. The molecule has 1 aromatic heterocycles. The molecule has 0 aliphatic heterocycles. The molecule has 1 aliphatic rings. The fourth-order valence-electron chi connectivity index (χ4n) is 2.24. The maximum atomic E-state index is 11.7. The lowest BCUT2D eigenvalue weighted by molar-refractivity contribution is -0.143. The number of aliphatic carboxylic acids is 1. The summed E-state index contributed by atoms with van der Waals surface area (Å²) in [5, 5.41) is 25.2. The molecule has 9 nitrogen and oxygen atoms in total. The monoisotopic (exact) mass is 268 g/mol. The molecule has 2 rings (SSSR count). The van der Waals surface area contributed by atoms with Crippen LogP contribution in [0.4, 0.5) is 10.7 Å². The van der Waals surface area contributed by atoms with Crippen molar-refractivity contribution >= 4 is 17.9 Å². The Hall–Kier alpha value is -2.19. The van der Waals surface area contributed by atoms with Gasteiger partial charge in [-0.2, -0.15) is 4.80 Å². The summed E-state index contributed by atoms with van der Waals surface area (Å²) in [5.74, 6) is -1.32. The number of hydrogen-bond donors (Lipinski definition) is 3. The summed E-state index contributed by atoms with van der Waals surface area (Å²) in [7, 11) is 1.58. The zero-order valence-electron chi connectivity index (χ0n) is 10.5. The van der Waals surface area contributed by atoms with Crippen molar-refractivity contribution in [3.63, 3.8) is 0 Å². The minimum atomic E-state index is -0.873. The van der Waals surface area contributed by atoms with Gasteiger partial charge in [-0.3, -0.25) is 10.1 Å². The minimum absolute atomic E-state index is 0.0858. The van der Waals surface area contributed by atoms with Gasteiger partial charge in [-0.15, -0.1) is 5.10 Å². The van der Waals surface area contributed by atoms with Gasteiger partial charge < -0.3 is 10.4 Å². The first-order chi connectivity index (χ1) is 9.06. The molecule has 9 heteroatoms. The lowest BCUT2D eigenvalue weighted by Crippen LogP contribution is -2.46. The van der Waals surface area contributed by atoms with Crippen LogP contribution in [0, 0.1) is 5.92 Å². The van der Waals surface area contributed by atoms with Crippen molar-refractivity contribution in [1.29, 1.82) is 0 Å². The number of amides is 2. The van der Waals surface area contributed by atoms with Crippen LogP contribution in [0.25, 0.3) is 0 Å². The fourth-order valence-corrected chi connectivity index (χ4v) is 2.24. The number of aromatic nitrogens is 4. The molecule has 1 aliphatic carbocycles. The van der Waals surface area contributed by atoms with Gasteiger partial charge in [0.25, 0.3) is 5.95 Å². The van der Waals surface area contributed by atoms with Crippen LogP contribution in [-0.2, 0) is 11.8 Å². The molecule has 1 saturated carbocycles. The number of carbonyl (C=O) groups is 2. The summed E-state index contributed by atoms with van der Waals surface area (Å²) in [5.41, 5.74) is 0. The number of hydrogen-bond acceptors (Lipinski definition) is 5. The van der Waals surface area contributed by atoms with E-state index in [-0.39, 0.29) is 12.0 Å². The molecular weight excluding hydrogens is 252 g/mol. The number of carboxylic acid groups (broad SMARTS) is 1. The van der Waals surface area contributed by atoms with E-state index < -0.39 is 17.9 Å².